The Kier molecular flexibility index (Phi) is 5.64. The molecule has 1 aromatic heterocycles. The number of aromatic nitrogens is 2. The lowest BCUT2D eigenvalue weighted by molar-refractivity contribution is -0.118. The van der Waals surface area contributed by atoms with Crippen LogP contribution in [0.1, 0.15) is 0 Å². The second-order valence-electron chi connectivity index (χ2n) is 5.44. The van der Waals surface area contributed by atoms with Crippen LogP contribution in [0, 0.1) is 0 Å². The van der Waals surface area contributed by atoms with Crippen molar-refractivity contribution in [2.45, 2.75) is 10.7 Å². The maximum atomic E-state index is 12.5. The number of hydrogen-bond acceptors (Lipinski definition) is 7. The topological polar surface area (TPSA) is 111 Å². The van der Waals surface area contributed by atoms with Gasteiger partial charge in [0.05, 0.1) is 4.90 Å². The highest BCUT2D eigenvalue weighted by Crippen LogP contribution is 2.21. The van der Waals surface area contributed by atoms with Crippen LogP contribution in [0.5, 0.6) is 5.75 Å². The molecule has 0 saturated heterocycles. The van der Waals surface area contributed by atoms with Gasteiger partial charge in [0.15, 0.2) is 6.61 Å². The van der Waals surface area contributed by atoms with Gasteiger partial charge in [0.25, 0.3) is 5.91 Å². The summed E-state index contributed by atoms with van der Waals surface area (Å²) in [6.07, 6.45) is 1.21. The summed E-state index contributed by atoms with van der Waals surface area (Å²) >= 11 is 0. The first-order valence-electron chi connectivity index (χ1n) is 7.77. The summed E-state index contributed by atoms with van der Waals surface area (Å²) < 4.78 is 58.1. The van der Waals surface area contributed by atoms with E-state index in [1.165, 1.54) is 18.5 Å². The van der Waals surface area contributed by atoms with Crippen molar-refractivity contribution in [1.82, 2.24) is 10.2 Å². The Morgan fingerprint density at radius 2 is 1.79 bits per heavy atom. The predicted octanol–water partition coefficient (Wildman–Crippen LogP) is 2.75. The van der Waals surface area contributed by atoms with E-state index in [1.807, 2.05) is 0 Å². The van der Waals surface area contributed by atoms with Gasteiger partial charge in [0.2, 0.25) is 22.1 Å². The molecule has 0 aliphatic rings. The van der Waals surface area contributed by atoms with Crippen LogP contribution in [0.15, 0.2) is 64.2 Å². The molecule has 3 rings (SSSR count). The number of halogens is 2. The lowest BCUT2D eigenvalue weighted by Crippen LogP contribution is -2.20. The molecule has 0 fully saturated rings. The number of carbonyl (C=O) groups excluding carboxylic acids is 1. The SMILES string of the molecule is O=C(COc1ccc(-c2nnco2)cc1)Nc1ccc(S(=O)(=O)C(F)F)cc1. The van der Waals surface area contributed by atoms with Crippen molar-refractivity contribution in [3.05, 3.63) is 54.9 Å². The Morgan fingerprint density at radius 1 is 1.11 bits per heavy atom. The zero-order valence-corrected chi connectivity index (χ0v) is 14.9. The summed E-state index contributed by atoms with van der Waals surface area (Å²) in [7, 11) is -4.67. The van der Waals surface area contributed by atoms with Crippen molar-refractivity contribution in [2.75, 3.05) is 11.9 Å². The lowest BCUT2D eigenvalue weighted by Gasteiger charge is -2.09. The standard InChI is InChI=1S/C17H13F2N3O5S/c18-17(19)28(24,25)14-7-3-12(4-8-14)21-15(23)9-26-13-5-1-11(2-6-13)16-22-20-10-27-16/h1-8,10,17H,9H2,(H,21,23). The number of nitrogens with zero attached hydrogens (tertiary/aromatic N) is 2. The number of ether oxygens (including phenoxy) is 1. The molecule has 0 radical (unpaired) electrons. The van der Waals surface area contributed by atoms with Crippen molar-refractivity contribution in [3.8, 4) is 17.2 Å². The van der Waals surface area contributed by atoms with Gasteiger partial charge in [-0.2, -0.15) is 8.78 Å². The highest BCUT2D eigenvalue weighted by Gasteiger charge is 2.26. The Labute approximate surface area is 158 Å². The van der Waals surface area contributed by atoms with Crippen molar-refractivity contribution in [2.24, 2.45) is 0 Å². The molecule has 0 saturated carbocycles. The normalized spacial score (nSPS) is 11.4. The fourth-order valence-corrected chi connectivity index (χ4v) is 2.89. The number of sulfone groups is 1. The molecule has 3 aromatic rings. The molecular formula is C17H13F2N3O5S. The Hall–Kier alpha value is -3.34. The molecule has 11 heteroatoms. The van der Waals surface area contributed by atoms with Crippen molar-refractivity contribution in [3.63, 3.8) is 0 Å². The van der Waals surface area contributed by atoms with Gasteiger partial charge in [-0.3, -0.25) is 4.79 Å². The Balaban J connectivity index is 1.54. The summed E-state index contributed by atoms with van der Waals surface area (Å²) in [5.41, 5.74) is 0.932. The minimum atomic E-state index is -4.67. The highest BCUT2D eigenvalue weighted by molar-refractivity contribution is 7.91. The summed E-state index contributed by atoms with van der Waals surface area (Å²) in [5, 5.41) is 9.82. The summed E-state index contributed by atoms with van der Waals surface area (Å²) in [6.45, 7) is -0.309. The van der Waals surface area contributed by atoms with E-state index in [0.717, 1.165) is 12.1 Å². The first-order valence-corrected chi connectivity index (χ1v) is 9.32. The zero-order valence-electron chi connectivity index (χ0n) is 14.1. The largest absolute Gasteiger partial charge is 0.484 e. The molecule has 0 atom stereocenters. The Morgan fingerprint density at radius 3 is 2.36 bits per heavy atom. The summed E-state index contributed by atoms with van der Waals surface area (Å²) in [5.74, 6) is -3.24. The van der Waals surface area contributed by atoms with Crippen LogP contribution < -0.4 is 10.1 Å². The smallest absolute Gasteiger partial charge is 0.341 e. The lowest BCUT2D eigenvalue weighted by atomic mass is 10.2. The third kappa shape index (κ3) is 4.49. The van der Waals surface area contributed by atoms with E-state index in [0.29, 0.717) is 17.2 Å². The number of rotatable bonds is 7. The third-order valence-electron chi connectivity index (χ3n) is 3.53. The second kappa shape index (κ2) is 8.13. The molecule has 8 nitrogen and oxygen atoms in total. The van der Waals surface area contributed by atoms with Crippen molar-refractivity contribution in [1.29, 1.82) is 0 Å². The fraction of sp³-hybridized carbons (Fsp3) is 0.118. The molecule has 1 amide bonds. The molecule has 1 N–H and O–H groups in total. The van der Waals surface area contributed by atoms with Gasteiger partial charge in [-0.05, 0) is 48.5 Å². The molecular weight excluding hydrogens is 396 g/mol. The van der Waals surface area contributed by atoms with E-state index in [4.69, 9.17) is 9.15 Å². The van der Waals surface area contributed by atoms with Crippen LogP contribution in [0.25, 0.3) is 11.5 Å². The second-order valence-corrected chi connectivity index (χ2v) is 7.35. The summed E-state index contributed by atoms with van der Waals surface area (Å²) in [6, 6.07) is 11.0. The number of alkyl halides is 2. The van der Waals surface area contributed by atoms with Crippen LogP contribution in [0.2, 0.25) is 0 Å². The van der Waals surface area contributed by atoms with Crippen LogP contribution >= 0.6 is 0 Å². The fourth-order valence-electron chi connectivity index (χ4n) is 2.17. The molecule has 28 heavy (non-hydrogen) atoms. The van der Waals surface area contributed by atoms with E-state index in [2.05, 4.69) is 15.5 Å². The predicted molar refractivity (Wildman–Crippen MR) is 93.5 cm³/mol. The van der Waals surface area contributed by atoms with E-state index < -0.39 is 26.4 Å². The average Bonchev–Trinajstić information content (AvgIpc) is 3.22. The molecule has 0 aliphatic carbocycles. The molecule has 1 heterocycles. The van der Waals surface area contributed by atoms with E-state index in [-0.39, 0.29) is 12.3 Å². The number of amides is 1. The Bertz CT molecular complexity index is 1040. The van der Waals surface area contributed by atoms with Crippen molar-refractivity contribution >= 4 is 21.4 Å². The minimum Gasteiger partial charge on any atom is -0.484 e. The highest BCUT2D eigenvalue weighted by atomic mass is 32.2. The van der Waals surface area contributed by atoms with Crippen molar-refractivity contribution < 1.29 is 31.1 Å². The maximum absolute atomic E-state index is 12.5. The van der Waals surface area contributed by atoms with E-state index >= 15 is 0 Å². The zero-order chi connectivity index (χ0) is 20.1. The van der Waals surface area contributed by atoms with Gasteiger partial charge >= 0.3 is 5.76 Å². The number of benzene rings is 2. The quantitative estimate of drug-likeness (QED) is 0.639. The molecule has 0 bridgehead atoms. The maximum Gasteiger partial charge on any atom is 0.341 e. The van der Waals surface area contributed by atoms with Gasteiger partial charge in [0, 0.05) is 11.3 Å². The summed E-state index contributed by atoms with van der Waals surface area (Å²) in [4.78, 5) is 11.4. The van der Waals surface area contributed by atoms with Gasteiger partial charge in [-0.15, -0.1) is 10.2 Å². The first-order chi connectivity index (χ1) is 13.4. The number of carbonyl (C=O) groups is 1. The van der Waals surface area contributed by atoms with E-state index in [9.17, 15) is 22.0 Å². The number of anilines is 1. The van der Waals surface area contributed by atoms with Crippen LogP contribution in [0.4, 0.5) is 14.5 Å². The van der Waals surface area contributed by atoms with Crippen LogP contribution in [0.3, 0.4) is 0 Å². The van der Waals surface area contributed by atoms with Crippen LogP contribution in [-0.4, -0.2) is 36.9 Å². The number of nitrogens with one attached hydrogen (secondary N) is 1. The van der Waals surface area contributed by atoms with E-state index in [1.54, 1.807) is 24.3 Å². The molecule has 0 spiro atoms. The van der Waals surface area contributed by atoms with Crippen LogP contribution in [-0.2, 0) is 14.6 Å². The molecule has 2 aromatic carbocycles. The van der Waals surface area contributed by atoms with Gasteiger partial charge < -0.3 is 14.5 Å². The molecule has 0 aliphatic heterocycles. The third-order valence-corrected chi connectivity index (χ3v) is 4.93. The minimum absolute atomic E-state index is 0.244. The van der Waals surface area contributed by atoms with Gasteiger partial charge in [-0.25, -0.2) is 8.42 Å². The number of hydrogen-bond donors (Lipinski definition) is 1. The first kappa shape index (κ1) is 19.4. The van der Waals surface area contributed by atoms with Gasteiger partial charge in [0.1, 0.15) is 5.75 Å². The molecule has 0 unspecified atom stereocenters. The average molecular weight is 409 g/mol. The molecule has 146 valence electrons. The monoisotopic (exact) mass is 409 g/mol. The van der Waals surface area contributed by atoms with Gasteiger partial charge in [-0.1, -0.05) is 0 Å².